The predicted molar refractivity (Wildman–Crippen MR) is 281 cm³/mol. The molecule has 4 heterocycles. The molecule has 16 atom stereocenters. The number of hydrogen-bond donors (Lipinski definition) is 1. The second kappa shape index (κ2) is 28.1. The topological polar surface area (TPSA) is 279 Å². The minimum absolute atomic E-state index is 0. The third-order valence-electron chi connectivity index (χ3n) is 17.5. The molecular weight excluding hydrogens is 1090 g/mol. The van der Waals surface area contributed by atoms with E-state index in [9.17, 15) is 53.1 Å². The summed E-state index contributed by atoms with van der Waals surface area (Å²) in [6.07, 6.45) is 18.5. The molecule has 0 aromatic carbocycles. The number of methoxy groups -OCH3 is 2. The first-order valence-electron chi connectivity index (χ1n) is 26.8. The SMILES string of the molecule is C=C(C)C(=O)OCC(=O)OC.C=C(C)C(=O)[O-].CC1(C)OC(=O)C2C3C=CC(C3)C21.CC1(C)OC(=O)C2C3CCC(C3)C21.CC1(C)OC(=O)C2C3CCC(C3)C21.COC(=O)CCl.O=C(O)CCl.O=C1OC(=O)C2C3C=CC(C3)C12.[Na+]. The van der Waals surface area contributed by atoms with Gasteiger partial charge in [-0.05, 0) is 160 Å². The van der Waals surface area contributed by atoms with E-state index in [0.717, 1.165) is 18.3 Å². The molecular formula is C58H77Cl2NaO19. The number of aliphatic carboxylic acids is 2. The zero-order chi connectivity index (χ0) is 59.2. The van der Waals surface area contributed by atoms with E-state index >= 15 is 0 Å². The van der Waals surface area contributed by atoms with Crippen LogP contribution in [0.25, 0.3) is 0 Å². The van der Waals surface area contributed by atoms with E-state index < -0.39 is 29.8 Å². The van der Waals surface area contributed by atoms with Crippen LogP contribution in [0.15, 0.2) is 48.6 Å². The number of carbonyl (C=O) groups is 10. The first-order chi connectivity index (χ1) is 36.8. The van der Waals surface area contributed by atoms with Crippen molar-refractivity contribution in [2.24, 2.45) is 94.7 Å². The molecule has 4 saturated heterocycles. The Morgan fingerprint density at radius 2 is 0.912 bits per heavy atom. The van der Waals surface area contributed by atoms with E-state index in [-0.39, 0.29) is 147 Å². The third kappa shape index (κ3) is 15.5. The van der Waals surface area contributed by atoms with Gasteiger partial charge in [0.05, 0.1) is 49.8 Å². The summed E-state index contributed by atoms with van der Waals surface area (Å²) in [6.45, 7) is 21.4. The summed E-state index contributed by atoms with van der Waals surface area (Å²) >= 11 is 9.71. The Hall–Kier alpha value is -4.56. The number of alkyl halides is 2. The molecule has 1 N–H and O–H groups in total. The molecule has 0 aromatic heterocycles. The van der Waals surface area contributed by atoms with Crippen LogP contribution in [0, 0.1) is 94.7 Å². The molecule has 12 rings (SSSR count). The second-order valence-electron chi connectivity index (χ2n) is 23.8. The molecule has 8 bridgehead atoms. The van der Waals surface area contributed by atoms with Gasteiger partial charge in [-0.25, -0.2) is 9.59 Å². The summed E-state index contributed by atoms with van der Waals surface area (Å²) in [5.74, 6) is 1.88. The first-order valence-corrected chi connectivity index (χ1v) is 27.9. The third-order valence-corrected chi connectivity index (χ3v) is 18.0. The van der Waals surface area contributed by atoms with E-state index in [0.29, 0.717) is 41.4 Å². The minimum Gasteiger partial charge on any atom is -0.545 e. The molecule has 12 aliphatic rings. The largest absolute Gasteiger partial charge is 1.00 e. The number of carboxylic acids is 2. The molecule has 19 nitrogen and oxygen atoms in total. The number of carbonyl (C=O) groups excluding carboxylic acids is 9. The maximum Gasteiger partial charge on any atom is 1.00 e. The van der Waals surface area contributed by atoms with Crippen LogP contribution >= 0.6 is 23.2 Å². The van der Waals surface area contributed by atoms with Gasteiger partial charge in [-0.3, -0.25) is 33.6 Å². The number of rotatable bonds is 6. The van der Waals surface area contributed by atoms with E-state index in [4.69, 9.17) is 42.5 Å². The summed E-state index contributed by atoms with van der Waals surface area (Å²) in [5.41, 5.74) is -0.265. The monoisotopic (exact) mass is 1170 g/mol. The number of allylic oxidation sites excluding steroid dienone is 4. The van der Waals surface area contributed by atoms with Crippen LogP contribution in [-0.4, -0.2) is 114 Å². The summed E-state index contributed by atoms with van der Waals surface area (Å²) < 4.78 is 33.7. The standard InChI is InChI=1S/2C11H16O2.C11H14O2.C9H8O3.C7H10O4.C4H6O2.C3H5ClO2.C2H3ClO2.Na/c3*1-11(2)9-7-4-3-6(5-7)8(9)10(12)13-11;10-8-6-4-1-2-5(3-4)7(6)9(11)12-8;1-5(2)7(9)11-4-6(8)10-3;1-3(2)4(5)6;1-6-3(5)2-4;3-1-2(4)5;/h2*6-9H,3-5H2,1-2H3;3-4,6-9H,5H2,1-2H3;1-2,4-7H,3H2;1,4H2,2-3H3;1H2,2H3,(H,5,6);2H2,1H3;1H2,(H,4,5);/q;;;;;;;;+1/p-1. The predicted octanol–water partition coefficient (Wildman–Crippen LogP) is 3.54. The van der Waals surface area contributed by atoms with Gasteiger partial charge in [-0.1, -0.05) is 37.5 Å². The Morgan fingerprint density at radius 3 is 1.24 bits per heavy atom. The van der Waals surface area contributed by atoms with Gasteiger partial charge in [-0.2, -0.15) is 0 Å². The van der Waals surface area contributed by atoms with Crippen LogP contribution in [0.3, 0.4) is 0 Å². The van der Waals surface area contributed by atoms with Gasteiger partial charge in [0.1, 0.15) is 28.6 Å². The number of cyclic esters (lactones) is 5. The Bertz CT molecular complexity index is 2360. The molecule has 438 valence electrons. The van der Waals surface area contributed by atoms with Gasteiger partial charge < -0.3 is 48.2 Å². The van der Waals surface area contributed by atoms with Gasteiger partial charge in [0.25, 0.3) is 0 Å². The van der Waals surface area contributed by atoms with Gasteiger partial charge in [0.15, 0.2) is 6.61 Å². The van der Waals surface area contributed by atoms with Crippen molar-refractivity contribution >= 4 is 82.9 Å². The Balaban J connectivity index is 0.000000201. The normalized spacial score (nSPS) is 34.6. The summed E-state index contributed by atoms with van der Waals surface area (Å²) in [7, 11) is 2.52. The zero-order valence-corrected chi connectivity index (χ0v) is 51.3. The van der Waals surface area contributed by atoms with Crippen molar-refractivity contribution < 1.29 is 121 Å². The Kier molecular flexibility index (Phi) is 23.9. The number of ether oxygens (including phenoxy) is 7. The maximum absolute atomic E-state index is 11.6. The van der Waals surface area contributed by atoms with Gasteiger partial charge in [0, 0.05) is 23.3 Å². The van der Waals surface area contributed by atoms with Crippen LogP contribution in [0.4, 0.5) is 0 Å². The van der Waals surface area contributed by atoms with Crippen LogP contribution in [0.2, 0.25) is 0 Å². The molecule has 0 radical (unpaired) electrons. The molecule has 0 amide bonds. The molecule has 4 aliphatic heterocycles. The quantitative estimate of drug-likeness (QED) is 0.0757. The fourth-order valence-electron chi connectivity index (χ4n) is 14.6. The first kappa shape index (κ1) is 67.9. The van der Waals surface area contributed by atoms with E-state index in [1.165, 1.54) is 73.0 Å². The van der Waals surface area contributed by atoms with E-state index in [2.05, 4.69) is 72.0 Å². The van der Waals surface area contributed by atoms with Gasteiger partial charge in [-0.15, -0.1) is 23.2 Å². The van der Waals surface area contributed by atoms with Crippen molar-refractivity contribution in [3.8, 4) is 0 Å². The molecule has 16 unspecified atom stereocenters. The minimum atomic E-state index is -1.19. The van der Waals surface area contributed by atoms with Crippen molar-refractivity contribution in [3.63, 3.8) is 0 Å². The number of fused-ring (bicyclic) bond motifs is 20. The fourth-order valence-corrected chi connectivity index (χ4v) is 14.7. The summed E-state index contributed by atoms with van der Waals surface area (Å²) in [5, 5.41) is 17.1. The fraction of sp³-hybridized carbons (Fsp3) is 0.690. The van der Waals surface area contributed by atoms with E-state index in [1.807, 2.05) is 26.0 Å². The molecule has 0 spiro atoms. The van der Waals surface area contributed by atoms with Crippen molar-refractivity contribution in [3.05, 3.63) is 48.6 Å². The zero-order valence-electron chi connectivity index (χ0n) is 47.8. The molecule has 6 saturated carbocycles. The van der Waals surface area contributed by atoms with Crippen molar-refractivity contribution in [2.45, 2.75) is 124 Å². The van der Waals surface area contributed by atoms with Crippen molar-refractivity contribution in [1.29, 1.82) is 0 Å². The van der Waals surface area contributed by atoms with Gasteiger partial charge >= 0.3 is 83.3 Å². The second-order valence-corrected chi connectivity index (χ2v) is 24.4. The van der Waals surface area contributed by atoms with Crippen molar-refractivity contribution in [1.82, 2.24) is 0 Å². The average molecular weight is 1170 g/mol. The van der Waals surface area contributed by atoms with E-state index in [1.54, 1.807) is 0 Å². The molecule has 10 fully saturated rings. The van der Waals surface area contributed by atoms with Crippen LogP contribution in [0.5, 0.6) is 0 Å². The summed E-state index contributed by atoms with van der Waals surface area (Å²) in [4.78, 5) is 107. The Labute approximate surface area is 500 Å². The number of esters is 8. The number of hydrogen-bond acceptors (Lipinski definition) is 18. The maximum atomic E-state index is 11.6. The van der Waals surface area contributed by atoms with Crippen LogP contribution < -0.4 is 34.7 Å². The molecule has 8 aliphatic carbocycles. The van der Waals surface area contributed by atoms with Crippen LogP contribution in [0.1, 0.15) is 107 Å². The Morgan fingerprint density at radius 1 is 0.562 bits per heavy atom. The smallest absolute Gasteiger partial charge is 0.545 e. The summed E-state index contributed by atoms with van der Waals surface area (Å²) in [6, 6.07) is 0. The van der Waals surface area contributed by atoms with Crippen LogP contribution in [-0.2, 0) is 81.1 Å². The molecule has 22 heteroatoms. The number of carboxylic acid groups (broad SMARTS) is 2. The van der Waals surface area contributed by atoms with Gasteiger partial charge in [0.2, 0.25) is 0 Å². The molecule has 0 aromatic rings. The number of halogens is 2. The van der Waals surface area contributed by atoms with Crippen molar-refractivity contribution in [2.75, 3.05) is 32.6 Å². The average Bonchev–Trinajstić information content (AvgIpc) is 4.29. The molecule has 80 heavy (non-hydrogen) atoms.